The molecular weight excluding hydrogens is 164 g/mol. The van der Waals surface area contributed by atoms with E-state index in [0.717, 1.165) is 22.0 Å². The zero-order valence-corrected chi connectivity index (χ0v) is 7.78. The first kappa shape index (κ1) is 8.26. The van der Waals surface area contributed by atoms with E-state index in [1.165, 1.54) is 0 Å². The molecule has 0 unspecified atom stereocenters. The van der Waals surface area contributed by atoms with Gasteiger partial charge in [-0.05, 0) is 24.1 Å². The lowest BCUT2D eigenvalue weighted by atomic mass is 10.1. The molecular formula is C10H12N2O. The Morgan fingerprint density at radius 1 is 1.46 bits per heavy atom. The molecule has 0 saturated heterocycles. The van der Waals surface area contributed by atoms with E-state index in [1.54, 1.807) is 4.68 Å². The van der Waals surface area contributed by atoms with Crippen LogP contribution in [0.4, 0.5) is 0 Å². The van der Waals surface area contributed by atoms with Crippen molar-refractivity contribution >= 4 is 10.9 Å². The van der Waals surface area contributed by atoms with Crippen LogP contribution in [0.5, 0.6) is 0 Å². The van der Waals surface area contributed by atoms with Crippen molar-refractivity contribution in [3.8, 4) is 0 Å². The molecule has 0 aliphatic heterocycles. The van der Waals surface area contributed by atoms with Crippen molar-refractivity contribution in [2.75, 3.05) is 0 Å². The van der Waals surface area contributed by atoms with E-state index < -0.39 is 0 Å². The Bertz CT molecular complexity index is 445. The SMILES string of the molecule is Cc1ccc2nn(C)cc2c1CO. The molecule has 2 aromatic rings. The van der Waals surface area contributed by atoms with Crippen LogP contribution < -0.4 is 0 Å². The minimum absolute atomic E-state index is 0.0782. The molecule has 0 radical (unpaired) electrons. The predicted molar refractivity (Wildman–Crippen MR) is 51.4 cm³/mol. The lowest BCUT2D eigenvalue weighted by molar-refractivity contribution is 0.282. The Morgan fingerprint density at radius 2 is 2.23 bits per heavy atom. The van der Waals surface area contributed by atoms with Crippen LogP contribution in [0.1, 0.15) is 11.1 Å². The first-order valence-electron chi connectivity index (χ1n) is 4.25. The Balaban J connectivity index is 2.82. The summed E-state index contributed by atoms with van der Waals surface area (Å²) in [6.45, 7) is 2.08. The van der Waals surface area contributed by atoms with Crippen molar-refractivity contribution in [2.45, 2.75) is 13.5 Å². The van der Waals surface area contributed by atoms with Crippen molar-refractivity contribution < 1.29 is 5.11 Å². The first-order chi connectivity index (χ1) is 6.22. The normalized spacial score (nSPS) is 11.0. The second-order valence-electron chi connectivity index (χ2n) is 3.25. The van der Waals surface area contributed by atoms with Crippen LogP contribution in [0.15, 0.2) is 18.3 Å². The average molecular weight is 176 g/mol. The third kappa shape index (κ3) is 1.21. The standard InChI is InChI=1S/C10H12N2O/c1-7-3-4-10-8(9(7)6-13)5-12(2)11-10/h3-5,13H,6H2,1-2H3. The number of hydrogen-bond donors (Lipinski definition) is 1. The van der Waals surface area contributed by atoms with Crippen LogP contribution in [0.2, 0.25) is 0 Å². The second kappa shape index (κ2) is 2.85. The number of nitrogens with zero attached hydrogens (tertiary/aromatic N) is 2. The largest absolute Gasteiger partial charge is 0.392 e. The van der Waals surface area contributed by atoms with E-state index in [9.17, 15) is 5.11 Å². The summed E-state index contributed by atoms with van der Waals surface area (Å²) in [5, 5.41) is 14.5. The fraction of sp³-hybridized carbons (Fsp3) is 0.300. The highest BCUT2D eigenvalue weighted by atomic mass is 16.3. The van der Waals surface area contributed by atoms with Crippen molar-refractivity contribution in [2.24, 2.45) is 7.05 Å². The number of fused-ring (bicyclic) bond motifs is 1. The van der Waals surface area contributed by atoms with Gasteiger partial charge in [-0.25, -0.2) is 0 Å². The number of benzene rings is 1. The molecule has 1 N–H and O–H groups in total. The smallest absolute Gasteiger partial charge is 0.0927 e. The highest BCUT2D eigenvalue weighted by molar-refractivity contribution is 5.82. The first-order valence-corrected chi connectivity index (χ1v) is 4.25. The number of aliphatic hydroxyl groups is 1. The van der Waals surface area contributed by atoms with Gasteiger partial charge < -0.3 is 5.11 Å². The molecule has 0 spiro atoms. The second-order valence-corrected chi connectivity index (χ2v) is 3.25. The zero-order valence-electron chi connectivity index (χ0n) is 7.78. The highest BCUT2D eigenvalue weighted by Crippen LogP contribution is 2.20. The quantitative estimate of drug-likeness (QED) is 0.712. The number of aliphatic hydroxyl groups excluding tert-OH is 1. The predicted octanol–water partition coefficient (Wildman–Crippen LogP) is 1.37. The summed E-state index contributed by atoms with van der Waals surface area (Å²) in [7, 11) is 1.89. The summed E-state index contributed by atoms with van der Waals surface area (Å²) in [6, 6.07) is 3.96. The molecule has 3 nitrogen and oxygen atoms in total. The maximum Gasteiger partial charge on any atom is 0.0927 e. The van der Waals surface area contributed by atoms with Gasteiger partial charge in [-0.15, -0.1) is 0 Å². The summed E-state index contributed by atoms with van der Waals surface area (Å²) in [4.78, 5) is 0. The van der Waals surface area contributed by atoms with Gasteiger partial charge >= 0.3 is 0 Å². The lowest BCUT2D eigenvalue weighted by Gasteiger charge is -2.01. The van der Waals surface area contributed by atoms with Gasteiger partial charge in [-0.1, -0.05) is 6.07 Å². The summed E-state index contributed by atoms with van der Waals surface area (Å²) >= 11 is 0. The van der Waals surface area contributed by atoms with Gasteiger partial charge in [0.25, 0.3) is 0 Å². The number of hydrogen-bond acceptors (Lipinski definition) is 2. The lowest BCUT2D eigenvalue weighted by Crippen LogP contribution is -1.88. The molecule has 0 bridgehead atoms. The van der Waals surface area contributed by atoms with E-state index in [1.807, 2.05) is 32.3 Å². The van der Waals surface area contributed by atoms with Gasteiger partial charge in [0.05, 0.1) is 12.1 Å². The molecule has 0 saturated carbocycles. The van der Waals surface area contributed by atoms with Crippen molar-refractivity contribution in [3.63, 3.8) is 0 Å². The maximum absolute atomic E-state index is 9.19. The Hall–Kier alpha value is -1.35. The van der Waals surface area contributed by atoms with Crippen molar-refractivity contribution in [3.05, 3.63) is 29.5 Å². The minimum atomic E-state index is 0.0782. The van der Waals surface area contributed by atoms with Gasteiger partial charge in [0.2, 0.25) is 0 Å². The summed E-state index contributed by atoms with van der Waals surface area (Å²) in [5.41, 5.74) is 3.03. The minimum Gasteiger partial charge on any atom is -0.392 e. The fourth-order valence-electron chi connectivity index (χ4n) is 1.59. The summed E-state index contributed by atoms with van der Waals surface area (Å²) < 4.78 is 1.77. The number of aryl methyl sites for hydroxylation is 2. The molecule has 0 aliphatic rings. The third-order valence-electron chi connectivity index (χ3n) is 2.31. The summed E-state index contributed by atoms with van der Waals surface area (Å²) in [5.74, 6) is 0. The monoisotopic (exact) mass is 176 g/mol. The summed E-state index contributed by atoms with van der Waals surface area (Å²) in [6.07, 6.45) is 1.94. The Labute approximate surface area is 76.6 Å². The van der Waals surface area contributed by atoms with Crippen LogP contribution in [0.25, 0.3) is 10.9 Å². The molecule has 1 heterocycles. The van der Waals surface area contributed by atoms with Gasteiger partial charge in [-0.2, -0.15) is 5.10 Å². The fourth-order valence-corrected chi connectivity index (χ4v) is 1.59. The van der Waals surface area contributed by atoms with Crippen LogP contribution in [0, 0.1) is 6.92 Å². The molecule has 0 fully saturated rings. The van der Waals surface area contributed by atoms with Crippen LogP contribution in [0.3, 0.4) is 0 Å². The van der Waals surface area contributed by atoms with E-state index in [0.29, 0.717) is 0 Å². The van der Waals surface area contributed by atoms with Gasteiger partial charge in [-0.3, -0.25) is 4.68 Å². The van der Waals surface area contributed by atoms with E-state index in [2.05, 4.69) is 5.10 Å². The molecule has 68 valence electrons. The molecule has 1 aromatic carbocycles. The van der Waals surface area contributed by atoms with Crippen molar-refractivity contribution in [1.29, 1.82) is 0 Å². The molecule has 2 rings (SSSR count). The van der Waals surface area contributed by atoms with E-state index in [4.69, 9.17) is 0 Å². The molecule has 0 aliphatic carbocycles. The van der Waals surface area contributed by atoms with Crippen molar-refractivity contribution in [1.82, 2.24) is 9.78 Å². The molecule has 13 heavy (non-hydrogen) atoms. The Morgan fingerprint density at radius 3 is 2.92 bits per heavy atom. The zero-order chi connectivity index (χ0) is 9.42. The van der Waals surface area contributed by atoms with Gasteiger partial charge in [0.15, 0.2) is 0 Å². The third-order valence-corrected chi connectivity index (χ3v) is 2.31. The van der Waals surface area contributed by atoms with E-state index >= 15 is 0 Å². The molecule has 1 aromatic heterocycles. The highest BCUT2D eigenvalue weighted by Gasteiger charge is 2.05. The van der Waals surface area contributed by atoms with E-state index in [-0.39, 0.29) is 6.61 Å². The maximum atomic E-state index is 9.19. The van der Waals surface area contributed by atoms with Gasteiger partial charge in [0, 0.05) is 18.6 Å². The molecule has 0 amide bonds. The van der Waals surface area contributed by atoms with Crippen LogP contribution in [-0.4, -0.2) is 14.9 Å². The van der Waals surface area contributed by atoms with Crippen LogP contribution >= 0.6 is 0 Å². The van der Waals surface area contributed by atoms with Gasteiger partial charge in [0.1, 0.15) is 0 Å². The number of rotatable bonds is 1. The van der Waals surface area contributed by atoms with Crippen LogP contribution in [-0.2, 0) is 13.7 Å². The molecule has 3 heteroatoms. The average Bonchev–Trinajstić information content (AvgIpc) is 2.45. The number of aromatic nitrogens is 2. The Kier molecular flexibility index (Phi) is 1.81. The molecule has 0 atom stereocenters. The topological polar surface area (TPSA) is 38.0 Å².